The van der Waals surface area contributed by atoms with Crippen LogP contribution < -0.4 is 4.72 Å². The standard InChI is InChI=1S/C13H17Cl2NO3S/c14-11-4-5-12(15)13(6-11)20(18,19)16-7-9-2-1-3-10(9)8-17/h4-6,9-10,16-17H,1-3,7-8H2. The first-order chi connectivity index (χ1) is 9.44. The predicted octanol–water partition coefficient (Wildman–Crippen LogP) is 2.68. The monoisotopic (exact) mass is 337 g/mol. The molecule has 2 unspecified atom stereocenters. The number of halogens is 2. The molecular weight excluding hydrogens is 321 g/mol. The van der Waals surface area contributed by atoms with Gasteiger partial charge in [0.15, 0.2) is 0 Å². The summed E-state index contributed by atoms with van der Waals surface area (Å²) in [5.41, 5.74) is 0. The topological polar surface area (TPSA) is 66.4 Å². The van der Waals surface area contributed by atoms with Crippen molar-refractivity contribution in [3.8, 4) is 0 Å². The lowest BCUT2D eigenvalue weighted by atomic mass is 9.97. The third-order valence-corrected chi connectivity index (χ3v) is 5.91. The van der Waals surface area contributed by atoms with Gasteiger partial charge >= 0.3 is 0 Å². The number of sulfonamides is 1. The highest BCUT2D eigenvalue weighted by Gasteiger charge is 2.28. The maximum Gasteiger partial charge on any atom is 0.242 e. The average molecular weight is 338 g/mol. The minimum Gasteiger partial charge on any atom is -0.396 e. The van der Waals surface area contributed by atoms with Gasteiger partial charge in [0.05, 0.1) is 5.02 Å². The van der Waals surface area contributed by atoms with Gasteiger partial charge in [0, 0.05) is 18.2 Å². The van der Waals surface area contributed by atoms with Crippen molar-refractivity contribution < 1.29 is 13.5 Å². The van der Waals surface area contributed by atoms with Crippen LogP contribution >= 0.6 is 23.2 Å². The Morgan fingerprint density at radius 2 is 1.95 bits per heavy atom. The van der Waals surface area contributed by atoms with Gasteiger partial charge in [-0.05, 0) is 42.9 Å². The Bertz CT molecular complexity index is 577. The highest BCUT2D eigenvalue weighted by molar-refractivity contribution is 7.89. The fourth-order valence-corrected chi connectivity index (χ4v) is 4.46. The van der Waals surface area contributed by atoms with Crippen molar-refractivity contribution in [1.82, 2.24) is 4.72 Å². The summed E-state index contributed by atoms with van der Waals surface area (Å²) in [4.78, 5) is -0.00906. The molecule has 1 saturated carbocycles. The minimum absolute atomic E-state index is 0.00906. The van der Waals surface area contributed by atoms with Crippen molar-refractivity contribution in [2.45, 2.75) is 24.2 Å². The molecular formula is C13H17Cl2NO3S. The van der Waals surface area contributed by atoms with E-state index in [4.69, 9.17) is 23.2 Å². The van der Waals surface area contributed by atoms with Gasteiger partial charge in [0.25, 0.3) is 0 Å². The van der Waals surface area contributed by atoms with Crippen molar-refractivity contribution in [1.29, 1.82) is 0 Å². The zero-order chi connectivity index (χ0) is 14.8. The molecule has 112 valence electrons. The predicted molar refractivity (Wildman–Crippen MR) is 79.6 cm³/mol. The van der Waals surface area contributed by atoms with Gasteiger partial charge in [-0.1, -0.05) is 29.6 Å². The summed E-state index contributed by atoms with van der Waals surface area (Å²) in [6.45, 7) is 0.417. The molecule has 1 aliphatic carbocycles. The van der Waals surface area contributed by atoms with E-state index < -0.39 is 10.0 Å². The molecule has 0 radical (unpaired) electrons. The molecule has 0 heterocycles. The third-order valence-electron chi connectivity index (χ3n) is 3.77. The molecule has 1 aromatic carbocycles. The van der Waals surface area contributed by atoms with Crippen LogP contribution in [0.15, 0.2) is 23.1 Å². The molecule has 2 atom stereocenters. The van der Waals surface area contributed by atoms with Crippen LogP contribution in [0.2, 0.25) is 10.0 Å². The number of hydrogen-bond donors (Lipinski definition) is 2. The maximum absolute atomic E-state index is 12.2. The Labute approximate surface area is 129 Å². The minimum atomic E-state index is -3.68. The van der Waals surface area contributed by atoms with Crippen LogP contribution in [0.3, 0.4) is 0 Å². The van der Waals surface area contributed by atoms with Crippen molar-refractivity contribution in [2.75, 3.05) is 13.2 Å². The smallest absolute Gasteiger partial charge is 0.242 e. The van der Waals surface area contributed by atoms with E-state index in [1.165, 1.54) is 12.1 Å². The Morgan fingerprint density at radius 1 is 1.25 bits per heavy atom. The molecule has 7 heteroatoms. The van der Waals surface area contributed by atoms with Crippen LogP contribution in [0.25, 0.3) is 0 Å². The number of nitrogens with one attached hydrogen (secondary N) is 1. The molecule has 0 aromatic heterocycles. The molecule has 0 amide bonds. The second-order valence-electron chi connectivity index (χ2n) is 5.06. The normalized spacial score (nSPS) is 23.1. The molecule has 2 rings (SSSR count). The fraction of sp³-hybridized carbons (Fsp3) is 0.538. The quantitative estimate of drug-likeness (QED) is 0.867. The van der Waals surface area contributed by atoms with Crippen LogP contribution in [-0.4, -0.2) is 26.7 Å². The van der Waals surface area contributed by atoms with Crippen LogP contribution in [-0.2, 0) is 10.0 Å². The second kappa shape index (κ2) is 6.62. The largest absolute Gasteiger partial charge is 0.396 e. The first-order valence-electron chi connectivity index (χ1n) is 6.49. The number of aliphatic hydroxyl groups excluding tert-OH is 1. The SMILES string of the molecule is O=S(=O)(NCC1CCCC1CO)c1cc(Cl)ccc1Cl. The van der Waals surface area contributed by atoms with E-state index in [2.05, 4.69) is 4.72 Å². The Kier molecular flexibility index (Phi) is 5.31. The molecule has 2 N–H and O–H groups in total. The van der Waals surface area contributed by atoms with Gasteiger partial charge in [0.1, 0.15) is 4.90 Å². The van der Waals surface area contributed by atoms with Crippen LogP contribution in [0.4, 0.5) is 0 Å². The zero-order valence-corrected chi connectivity index (χ0v) is 13.2. The van der Waals surface area contributed by atoms with Crippen molar-refractivity contribution in [2.24, 2.45) is 11.8 Å². The van der Waals surface area contributed by atoms with Crippen molar-refractivity contribution >= 4 is 33.2 Å². The summed E-state index contributed by atoms with van der Waals surface area (Å²) in [6.07, 6.45) is 2.90. The summed E-state index contributed by atoms with van der Waals surface area (Å²) in [5.74, 6) is 0.347. The molecule has 0 saturated heterocycles. The first kappa shape index (κ1) is 16.0. The van der Waals surface area contributed by atoms with Crippen molar-refractivity contribution in [3.63, 3.8) is 0 Å². The van der Waals surface area contributed by atoms with Crippen LogP contribution in [0, 0.1) is 11.8 Å². The van der Waals surface area contributed by atoms with E-state index in [9.17, 15) is 13.5 Å². The van der Waals surface area contributed by atoms with Crippen LogP contribution in [0.1, 0.15) is 19.3 Å². The summed E-state index contributed by atoms with van der Waals surface area (Å²) in [7, 11) is -3.68. The Morgan fingerprint density at radius 3 is 2.65 bits per heavy atom. The lowest BCUT2D eigenvalue weighted by Gasteiger charge is -2.18. The summed E-state index contributed by atoms with van der Waals surface area (Å²) >= 11 is 11.7. The molecule has 20 heavy (non-hydrogen) atoms. The first-order valence-corrected chi connectivity index (χ1v) is 8.73. The lowest BCUT2D eigenvalue weighted by Crippen LogP contribution is -2.31. The maximum atomic E-state index is 12.2. The Balaban J connectivity index is 2.09. The number of aliphatic hydroxyl groups is 1. The molecule has 1 fully saturated rings. The molecule has 0 spiro atoms. The highest BCUT2D eigenvalue weighted by atomic mass is 35.5. The van der Waals surface area contributed by atoms with E-state index >= 15 is 0 Å². The number of benzene rings is 1. The van der Waals surface area contributed by atoms with Gasteiger partial charge < -0.3 is 5.11 Å². The Hall–Kier alpha value is -0.330. The molecule has 0 aliphatic heterocycles. The van der Waals surface area contributed by atoms with Gasteiger partial charge in [-0.2, -0.15) is 0 Å². The van der Waals surface area contributed by atoms with Crippen LogP contribution in [0.5, 0.6) is 0 Å². The average Bonchev–Trinajstić information content (AvgIpc) is 2.86. The van der Waals surface area contributed by atoms with E-state index in [0.29, 0.717) is 11.6 Å². The third kappa shape index (κ3) is 3.65. The van der Waals surface area contributed by atoms with Gasteiger partial charge in [-0.25, -0.2) is 13.1 Å². The fourth-order valence-electron chi connectivity index (χ4n) is 2.60. The number of rotatable bonds is 5. The second-order valence-corrected chi connectivity index (χ2v) is 7.64. The molecule has 4 nitrogen and oxygen atoms in total. The molecule has 1 aromatic rings. The summed E-state index contributed by atoms with van der Waals surface area (Å²) in [6, 6.07) is 4.34. The summed E-state index contributed by atoms with van der Waals surface area (Å²) < 4.78 is 27.0. The number of hydrogen-bond acceptors (Lipinski definition) is 3. The van der Waals surface area contributed by atoms with E-state index in [1.54, 1.807) is 6.07 Å². The zero-order valence-electron chi connectivity index (χ0n) is 10.9. The highest BCUT2D eigenvalue weighted by Crippen LogP contribution is 2.31. The molecule has 1 aliphatic rings. The summed E-state index contributed by atoms with van der Waals surface area (Å²) in [5, 5.41) is 9.72. The van der Waals surface area contributed by atoms with E-state index in [0.717, 1.165) is 19.3 Å². The molecule has 0 bridgehead atoms. The van der Waals surface area contributed by atoms with Crippen molar-refractivity contribution in [3.05, 3.63) is 28.2 Å². The lowest BCUT2D eigenvalue weighted by molar-refractivity contribution is 0.195. The van der Waals surface area contributed by atoms with Gasteiger partial charge in [0.2, 0.25) is 10.0 Å². The van der Waals surface area contributed by atoms with Gasteiger partial charge in [-0.3, -0.25) is 0 Å². The van der Waals surface area contributed by atoms with E-state index in [-0.39, 0.29) is 28.4 Å². The van der Waals surface area contributed by atoms with Gasteiger partial charge in [-0.15, -0.1) is 0 Å². The van der Waals surface area contributed by atoms with E-state index in [1.807, 2.05) is 0 Å².